The van der Waals surface area contributed by atoms with Gasteiger partial charge in [-0.05, 0) is 35.0 Å². The molecule has 19 heavy (non-hydrogen) atoms. The lowest BCUT2D eigenvalue weighted by atomic mass is 10.0. The Morgan fingerprint density at radius 1 is 1.58 bits per heavy atom. The third-order valence-corrected chi connectivity index (χ3v) is 2.94. The number of nitrogens with two attached hydrogens (primary N) is 1. The van der Waals surface area contributed by atoms with Crippen LogP contribution in [0.3, 0.4) is 0 Å². The van der Waals surface area contributed by atoms with Gasteiger partial charge in [-0.2, -0.15) is 8.78 Å². The van der Waals surface area contributed by atoms with Crippen molar-refractivity contribution in [1.29, 1.82) is 0 Å². The van der Waals surface area contributed by atoms with E-state index in [1.54, 1.807) is 0 Å². The van der Waals surface area contributed by atoms with Crippen molar-refractivity contribution >= 4 is 21.9 Å². The van der Waals surface area contributed by atoms with Crippen molar-refractivity contribution in [3.05, 3.63) is 28.0 Å². The van der Waals surface area contributed by atoms with Crippen molar-refractivity contribution in [3.8, 4) is 5.75 Å². The van der Waals surface area contributed by atoms with E-state index >= 15 is 0 Å². The number of phenols is 1. The first-order valence-electron chi connectivity index (χ1n) is 5.20. The molecule has 106 valence electrons. The maximum absolute atomic E-state index is 13.7. The lowest BCUT2D eigenvalue weighted by molar-refractivity contribution is -0.174. The van der Waals surface area contributed by atoms with Crippen LogP contribution in [0.4, 0.5) is 13.2 Å². The fourth-order valence-corrected chi connectivity index (χ4v) is 1.82. The number of carbonyl (C=O) groups is 1. The summed E-state index contributed by atoms with van der Waals surface area (Å²) in [6.45, 7) is 1.11. The largest absolute Gasteiger partial charge is 0.506 e. The lowest BCUT2D eigenvalue weighted by Gasteiger charge is -2.22. The van der Waals surface area contributed by atoms with Gasteiger partial charge in [0.2, 0.25) is 0 Å². The van der Waals surface area contributed by atoms with Crippen LogP contribution in [0.25, 0.3) is 0 Å². The smallest absolute Gasteiger partial charge is 0.379 e. The molecule has 0 aromatic heterocycles. The first kappa shape index (κ1) is 15.8. The van der Waals surface area contributed by atoms with Crippen LogP contribution in [-0.4, -0.2) is 23.6 Å². The van der Waals surface area contributed by atoms with Crippen LogP contribution in [0.15, 0.2) is 16.6 Å². The zero-order valence-electron chi connectivity index (χ0n) is 9.79. The summed E-state index contributed by atoms with van der Waals surface area (Å²) in [5.74, 6) is -7.45. The molecule has 1 atom stereocenters. The van der Waals surface area contributed by atoms with Gasteiger partial charge >= 0.3 is 11.9 Å². The highest BCUT2D eigenvalue weighted by Gasteiger charge is 2.48. The predicted octanol–water partition coefficient (Wildman–Crippen LogP) is 2.49. The molecule has 0 saturated heterocycles. The number of rotatable bonds is 4. The maximum atomic E-state index is 13.7. The summed E-state index contributed by atoms with van der Waals surface area (Å²) in [6, 6.07) is -0.704. The third kappa shape index (κ3) is 3.19. The molecule has 0 spiro atoms. The Balaban J connectivity index is 3.19. The van der Waals surface area contributed by atoms with Gasteiger partial charge in [-0.25, -0.2) is 9.18 Å². The number of aromatic hydroxyl groups is 1. The molecule has 0 bridgehead atoms. The summed E-state index contributed by atoms with van der Waals surface area (Å²) < 4.78 is 44.6. The summed E-state index contributed by atoms with van der Waals surface area (Å²) >= 11 is 2.79. The molecular formula is C11H11BrF3NO3. The third-order valence-electron chi connectivity index (χ3n) is 2.33. The van der Waals surface area contributed by atoms with Crippen LogP contribution in [0.5, 0.6) is 5.75 Å². The van der Waals surface area contributed by atoms with E-state index in [1.165, 1.54) is 6.92 Å². The number of halogens is 4. The molecule has 1 rings (SSSR count). The number of esters is 1. The van der Waals surface area contributed by atoms with Crippen LogP contribution < -0.4 is 5.73 Å². The molecule has 0 heterocycles. The van der Waals surface area contributed by atoms with E-state index in [9.17, 15) is 23.1 Å². The van der Waals surface area contributed by atoms with Crippen LogP contribution in [0.1, 0.15) is 18.5 Å². The van der Waals surface area contributed by atoms with Gasteiger partial charge in [0.25, 0.3) is 0 Å². The van der Waals surface area contributed by atoms with Crippen molar-refractivity contribution in [3.63, 3.8) is 0 Å². The molecule has 0 fully saturated rings. The number of benzene rings is 1. The Kier molecular flexibility index (Phi) is 4.81. The van der Waals surface area contributed by atoms with Crippen LogP contribution in [-0.2, 0) is 9.53 Å². The minimum atomic E-state index is -4.08. The Morgan fingerprint density at radius 2 is 2.16 bits per heavy atom. The first-order chi connectivity index (χ1) is 8.71. The van der Waals surface area contributed by atoms with Crippen LogP contribution >= 0.6 is 15.9 Å². The quantitative estimate of drug-likeness (QED) is 0.825. The second-order valence-corrected chi connectivity index (χ2v) is 4.50. The molecular weight excluding hydrogens is 331 g/mol. The van der Waals surface area contributed by atoms with E-state index in [1.807, 2.05) is 0 Å². The van der Waals surface area contributed by atoms with E-state index < -0.39 is 35.1 Å². The molecule has 0 aliphatic heterocycles. The molecule has 1 aromatic carbocycles. The Morgan fingerprint density at radius 3 is 2.68 bits per heavy atom. The van der Waals surface area contributed by atoms with Gasteiger partial charge in [0.15, 0.2) is 0 Å². The lowest BCUT2D eigenvalue weighted by Crippen LogP contribution is -2.41. The average Bonchev–Trinajstić information content (AvgIpc) is 2.33. The van der Waals surface area contributed by atoms with Gasteiger partial charge in [0.1, 0.15) is 17.6 Å². The van der Waals surface area contributed by atoms with E-state index in [2.05, 4.69) is 20.7 Å². The van der Waals surface area contributed by atoms with Crippen molar-refractivity contribution < 1.29 is 27.8 Å². The first-order valence-corrected chi connectivity index (χ1v) is 5.99. The maximum Gasteiger partial charge on any atom is 0.379 e. The number of hydrogen-bond donors (Lipinski definition) is 2. The zero-order valence-corrected chi connectivity index (χ0v) is 11.4. The van der Waals surface area contributed by atoms with Gasteiger partial charge < -0.3 is 15.6 Å². The van der Waals surface area contributed by atoms with Crippen LogP contribution in [0, 0.1) is 5.82 Å². The normalized spacial score (nSPS) is 13.2. The van der Waals surface area contributed by atoms with Gasteiger partial charge in [-0.1, -0.05) is 0 Å². The van der Waals surface area contributed by atoms with Crippen molar-refractivity contribution in [2.45, 2.75) is 18.9 Å². The molecule has 3 N–H and O–H groups in total. The second-order valence-electron chi connectivity index (χ2n) is 3.65. The highest BCUT2D eigenvalue weighted by atomic mass is 79.9. The molecule has 0 saturated carbocycles. The Hall–Kier alpha value is -1.28. The molecule has 0 radical (unpaired) electrons. The summed E-state index contributed by atoms with van der Waals surface area (Å²) in [7, 11) is 0. The van der Waals surface area contributed by atoms with Crippen molar-refractivity contribution in [2.75, 3.05) is 6.61 Å². The summed E-state index contributed by atoms with van der Waals surface area (Å²) in [5.41, 5.74) is 4.65. The molecule has 1 aromatic rings. The number of carbonyl (C=O) groups excluding carboxylic acids is 1. The van der Waals surface area contributed by atoms with E-state index in [0.717, 1.165) is 6.07 Å². The Labute approximate surface area is 115 Å². The average molecular weight is 342 g/mol. The van der Waals surface area contributed by atoms with Gasteiger partial charge in [0, 0.05) is 5.56 Å². The van der Waals surface area contributed by atoms with Crippen molar-refractivity contribution in [2.24, 2.45) is 5.73 Å². The molecule has 0 aliphatic carbocycles. The minimum Gasteiger partial charge on any atom is -0.506 e. The van der Waals surface area contributed by atoms with E-state index in [-0.39, 0.29) is 11.1 Å². The highest BCUT2D eigenvalue weighted by molar-refractivity contribution is 9.10. The van der Waals surface area contributed by atoms with E-state index in [0.29, 0.717) is 6.07 Å². The topological polar surface area (TPSA) is 72.5 Å². The van der Waals surface area contributed by atoms with Gasteiger partial charge in [0.05, 0.1) is 11.1 Å². The fraction of sp³-hybridized carbons (Fsp3) is 0.364. The second kappa shape index (κ2) is 5.79. The number of phenolic OH excluding ortho intramolecular Hbond substituents is 1. The summed E-state index contributed by atoms with van der Waals surface area (Å²) in [4.78, 5) is 11.1. The molecule has 0 amide bonds. The monoisotopic (exact) mass is 341 g/mol. The number of ether oxygens (including phenoxy) is 1. The van der Waals surface area contributed by atoms with E-state index in [4.69, 9.17) is 5.73 Å². The summed E-state index contributed by atoms with van der Waals surface area (Å²) in [5, 5.41) is 9.59. The molecule has 0 aliphatic rings. The summed E-state index contributed by atoms with van der Waals surface area (Å²) in [6.07, 6.45) is 0. The van der Waals surface area contributed by atoms with Crippen LogP contribution in [0.2, 0.25) is 0 Å². The zero-order chi connectivity index (χ0) is 14.8. The standard InChI is InChI=1S/C11H11BrF3NO3/c1-2-19-10(18)11(14,15)9(16)6-3-5(13)4-7(12)8(6)17/h3-4,9,17H,2,16H2,1H3/t9-/m0/s1. The highest BCUT2D eigenvalue weighted by Crippen LogP contribution is 2.38. The van der Waals surface area contributed by atoms with Gasteiger partial charge in [-0.15, -0.1) is 0 Å². The molecule has 8 heteroatoms. The number of alkyl halides is 2. The molecule has 0 unspecified atom stereocenters. The number of hydrogen-bond acceptors (Lipinski definition) is 4. The predicted molar refractivity (Wildman–Crippen MR) is 64.3 cm³/mol. The van der Waals surface area contributed by atoms with Crippen molar-refractivity contribution in [1.82, 2.24) is 0 Å². The SMILES string of the molecule is CCOC(=O)C(F)(F)[C@@H](N)c1cc(F)cc(Br)c1O. The fourth-order valence-electron chi connectivity index (χ4n) is 1.37. The molecule has 4 nitrogen and oxygen atoms in total. The van der Waals surface area contributed by atoms with Gasteiger partial charge in [-0.3, -0.25) is 0 Å². The Bertz CT molecular complexity index is 496. The minimum absolute atomic E-state index is 0.141.